The lowest BCUT2D eigenvalue weighted by Gasteiger charge is -2.26. The van der Waals surface area contributed by atoms with Crippen LogP contribution in [-0.4, -0.2) is 18.8 Å². The van der Waals surface area contributed by atoms with E-state index >= 15 is 0 Å². The van der Waals surface area contributed by atoms with Crippen LogP contribution in [0.25, 0.3) is 0 Å². The van der Waals surface area contributed by atoms with Crippen molar-refractivity contribution in [3.05, 3.63) is 83.9 Å². The fraction of sp³-hybridized carbons (Fsp3) is 0.174. The largest absolute Gasteiger partial charge is 0.497 e. The van der Waals surface area contributed by atoms with Crippen molar-refractivity contribution in [1.82, 2.24) is 0 Å². The summed E-state index contributed by atoms with van der Waals surface area (Å²) < 4.78 is 30.6. The van der Waals surface area contributed by atoms with Crippen LogP contribution in [0.3, 0.4) is 0 Å². The summed E-state index contributed by atoms with van der Waals surface area (Å²) in [6.07, 6.45) is 0.176. The summed E-state index contributed by atoms with van der Waals surface area (Å²) in [6, 6.07) is 22.3. The quantitative estimate of drug-likeness (QED) is 0.465. The fourth-order valence-corrected chi connectivity index (χ4v) is 3.59. The van der Waals surface area contributed by atoms with Crippen molar-refractivity contribution in [3.8, 4) is 5.75 Å². The molecule has 0 aromatic heterocycles. The minimum atomic E-state index is -2.46. The summed E-state index contributed by atoms with van der Waals surface area (Å²) in [5.41, 5.74) is 8.90. The highest BCUT2D eigenvalue weighted by molar-refractivity contribution is 7.99. The van der Waals surface area contributed by atoms with Crippen molar-refractivity contribution in [2.45, 2.75) is 23.6 Å². The number of hydrogen-bond acceptors (Lipinski definition) is 4. The third-order valence-corrected chi connectivity index (χ3v) is 5.20. The summed E-state index contributed by atoms with van der Waals surface area (Å²) in [4.78, 5) is 13.7. The number of rotatable bonds is 9. The number of nitrogens with two attached hydrogens (primary N) is 1. The molecule has 7 heteroatoms. The Kier molecular flexibility index (Phi) is 7.30. The first-order valence-electron chi connectivity index (χ1n) is 9.27. The predicted octanol–water partition coefficient (Wildman–Crippen LogP) is 5.38. The summed E-state index contributed by atoms with van der Waals surface area (Å²) in [6.45, 7) is 0.549. The van der Waals surface area contributed by atoms with Gasteiger partial charge in [-0.2, -0.15) is 8.78 Å². The van der Waals surface area contributed by atoms with Gasteiger partial charge in [-0.15, -0.1) is 0 Å². The van der Waals surface area contributed by atoms with Gasteiger partial charge in [0.1, 0.15) is 5.75 Å². The summed E-state index contributed by atoms with van der Waals surface area (Å²) in [5.74, 6) is -2.09. The number of alkyl halides is 2. The van der Waals surface area contributed by atoms with Crippen molar-refractivity contribution < 1.29 is 18.3 Å². The maximum Gasteiger partial charge on any atom is 0.288 e. The van der Waals surface area contributed by atoms with Gasteiger partial charge in [0.15, 0.2) is 0 Å². The Morgan fingerprint density at radius 3 is 2.20 bits per heavy atom. The smallest absolute Gasteiger partial charge is 0.288 e. The highest BCUT2D eigenvalue weighted by atomic mass is 32.2. The Morgan fingerprint density at radius 2 is 1.63 bits per heavy atom. The number of nitrogens with zero attached hydrogens (tertiary/aromatic N) is 1. The van der Waals surface area contributed by atoms with Gasteiger partial charge in [-0.1, -0.05) is 36.0 Å². The van der Waals surface area contributed by atoms with Crippen LogP contribution in [0.2, 0.25) is 0 Å². The monoisotopic (exact) mass is 428 g/mol. The first kappa shape index (κ1) is 21.6. The molecule has 0 aliphatic rings. The Morgan fingerprint density at radius 1 is 1.00 bits per heavy atom. The summed E-state index contributed by atoms with van der Waals surface area (Å²) in [5, 5.41) is 0. The molecule has 3 aromatic rings. The zero-order valence-electron chi connectivity index (χ0n) is 16.4. The zero-order valence-corrected chi connectivity index (χ0v) is 17.2. The van der Waals surface area contributed by atoms with Gasteiger partial charge in [-0.05, 0) is 59.7 Å². The second-order valence-electron chi connectivity index (χ2n) is 6.62. The van der Waals surface area contributed by atoms with Gasteiger partial charge in [-0.25, -0.2) is 0 Å². The molecule has 0 bridgehead atoms. The molecule has 0 heterocycles. The van der Waals surface area contributed by atoms with Gasteiger partial charge >= 0.3 is 0 Å². The number of anilines is 2. The van der Waals surface area contributed by atoms with E-state index in [4.69, 9.17) is 10.5 Å². The predicted molar refractivity (Wildman–Crippen MR) is 116 cm³/mol. The minimum absolute atomic E-state index is 0.176. The van der Waals surface area contributed by atoms with E-state index in [2.05, 4.69) is 4.90 Å². The lowest BCUT2D eigenvalue weighted by atomic mass is 10.1. The van der Waals surface area contributed by atoms with Crippen molar-refractivity contribution in [1.29, 1.82) is 0 Å². The number of methoxy groups -OCH3 is 1. The number of carbonyl (C=O) groups is 1. The van der Waals surface area contributed by atoms with Crippen LogP contribution in [0.15, 0.2) is 77.7 Å². The van der Waals surface area contributed by atoms with Crippen LogP contribution < -0.4 is 15.4 Å². The van der Waals surface area contributed by atoms with Gasteiger partial charge in [0.2, 0.25) is 5.91 Å². The van der Waals surface area contributed by atoms with Gasteiger partial charge in [0.25, 0.3) is 5.76 Å². The average Bonchev–Trinajstić information content (AvgIpc) is 2.73. The van der Waals surface area contributed by atoms with Crippen LogP contribution in [0.4, 0.5) is 20.2 Å². The Bertz CT molecular complexity index is 979. The highest BCUT2D eigenvalue weighted by Crippen LogP contribution is 2.32. The number of benzene rings is 3. The van der Waals surface area contributed by atoms with Gasteiger partial charge in [0, 0.05) is 22.8 Å². The standard InChI is InChI=1S/C23H22F2N2O2S/c1-29-20-4-2-3-17(13-20)15-27(18-7-5-16(6-8-18)14-22(26)28)19-9-11-21(12-10-19)30-23(24)25/h2-13,23H,14-15H2,1H3,(H2,26,28). The first-order chi connectivity index (χ1) is 14.4. The molecule has 156 valence electrons. The van der Waals surface area contributed by atoms with E-state index in [-0.39, 0.29) is 12.3 Å². The molecule has 2 N–H and O–H groups in total. The molecule has 4 nitrogen and oxygen atoms in total. The van der Waals surface area contributed by atoms with Crippen LogP contribution in [0.1, 0.15) is 11.1 Å². The maximum absolute atomic E-state index is 12.6. The zero-order chi connectivity index (χ0) is 21.5. The van der Waals surface area contributed by atoms with E-state index in [0.29, 0.717) is 23.2 Å². The number of thioether (sulfide) groups is 1. The maximum atomic E-state index is 12.6. The van der Waals surface area contributed by atoms with E-state index in [0.717, 1.165) is 28.3 Å². The highest BCUT2D eigenvalue weighted by Gasteiger charge is 2.13. The number of primary amides is 1. The van der Waals surface area contributed by atoms with E-state index in [1.54, 1.807) is 19.2 Å². The molecule has 0 saturated carbocycles. The van der Waals surface area contributed by atoms with Gasteiger partial charge in [0.05, 0.1) is 13.5 Å². The molecule has 0 spiro atoms. The molecule has 30 heavy (non-hydrogen) atoms. The molecule has 0 radical (unpaired) electrons. The lowest BCUT2D eigenvalue weighted by Crippen LogP contribution is -2.17. The molecule has 0 unspecified atom stereocenters. The number of ether oxygens (including phenoxy) is 1. The van der Waals surface area contributed by atoms with Gasteiger partial charge < -0.3 is 15.4 Å². The first-order valence-corrected chi connectivity index (χ1v) is 10.1. The SMILES string of the molecule is COc1cccc(CN(c2ccc(CC(N)=O)cc2)c2ccc(SC(F)F)cc2)c1. The summed E-state index contributed by atoms with van der Waals surface area (Å²) >= 11 is 0.519. The molecular weight excluding hydrogens is 406 g/mol. The second kappa shape index (κ2) is 10.1. The number of amides is 1. The molecule has 0 fully saturated rings. The van der Waals surface area contributed by atoms with E-state index < -0.39 is 5.76 Å². The van der Waals surface area contributed by atoms with Crippen LogP contribution in [0, 0.1) is 0 Å². The normalized spacial score (nSPS) is 10.8. The molecule has 3 rings (SSSR count). The van der Waals surface area contributed by atoms with Crippen molar-refractivity contribution in [3.63, 3.8) is 0 Å². The molecular formula is C23H22F2N2O2S. The van der Waals surface area contributed by atoms with Crippen LogP contribution in [0.5, 0.6) is 5.75 Å². The van der Waals surface area contributed by atoms with Crippen molar-refractivity contribution in [2.24, 2.45) is 5.73 Å². The van der Waals surface area contributed by atoms with Crippen LogP contribution in [-0.2, 0) is 17.8 Å². The number of carbonyl (C=O) groups excluding carboxylic acids is 1. The molecule has 1 amide bonds. The second-order valence-corrected chi connectivity index (χ2v) is 7.68. The van der Waals surface area contributed by atoms with E-state index in [9.17, 15) is 13.6 Å². The topological polar surface area (TPSA) is 55.6 Å². The fourth-order valence-electron chi connectivity index (χ4n) is 3.09. The molecule has 0 saturated heterocycles. The Balaban J connectivity index is 1.92. The van der Waals surface area contributed by atoms with Crippen molar-refractivity contribution >= 4 is 29.0 Å². The number of hydrogen-bond donors (Lipinski definition) is 1. The Hall–Kier alpha value is -3.06. The molecule has 0 aliphatic carbocycles. The number of halogens is 2. The van der Waals surface area contributed by atoms with Crippen molar-refractivity contribution in [2.75, 3.05) is 12.0 Å². The molecule has 0 aliphatic heterocycles. The third kappa shape index (κ3) is 5.97. The summed E-state index contributed by atoms with van der Waals surface area (Å²) in [7, 11) is 1.62. The van der Waals surface area contributed by atoms with Gasteiger partial charge in [-0.3, -0.25) is 4.79 Å². The lowest BCUT2D eigenvalue weighted by molar-refractivity contribution is -0.117. The van der Waals surface area contributed by atoms with E-state index in [1.165, 1.54) is 0 Å². The van der Waals surface area contributed by atoms with E-state index in [1.807, 2.05) is 60.7 Å². The average molecular weight is 429 g/mol. The third-order valence-electron chi connectivity index (χ3n) is 4.47. The molecule has 3 aromatic carbocycles. The Labute approximate surface area is 178 Å². The van der Waals surface area contributed by atoms with Crippen LogP contribution >= 0.6 is 11.8 Å². The molecule has 0 atom stereocenters. The minimum Gasteiger partial charge on any atom is -0.497 e.